The smallest absolute Gasteiger partial charge is 0.224 e. The van der Waals surface area contributed by atoms with Gasteiger partial charge in [-0.15, -0.1) is 0 Å². The summed E-state index contributed by atoms with van der Waals surface area (Å²) in [6.45, 7) is 6.77. The van der Waals surface area contributed by atoms with Crippen molar-refractivity contribution in [3.63, 3.8) is 0 Å². The van der Waals surface area contributed by atoms with Crippen molar-refractivity contribution in [3.8, 4) is 5.75 Å². The van der Waals surface area contributed by atoms with Crippen molar-refractivity contribution in [2.75, 3.05) is 18.5 Å². The van der Waals surface area contributed by atoms with Gasteiger partial charge in [0, 0.05) is 29.8 Å². The topological polar surface area (TPSA) is 83.0 Å². The molecule has 0 spiro atoms. The molecular formula is C16H23N3O3. The van der Waals surface area contributed by atoms with Crippen molar-refractivity contribution < 1.29 is 14.7 Å². The van der Waals surface area contributed by atoms with E-state index in [1.807, 2.05) is 39.0 Å². The molecular weight excluding hydrogens is 282 g/mol. The fraction of sp³-hybridized carbons (Fsp3) is 0.500. The molecule has 1 aliphatic rings. The Balaban J connectivity index is 1.99. The number of amides is 1. The number of nitrogens with zero attached hydrogens (tertiary/aromatic N) is 1. The monoisotopic (exact) mass is 305 g/mol. The van der Waals surface area contributed by atoms with Crippen molar-refractivity contribution >= 4 is 17.3 Å². The van der Waals surface area contributed by atoms with Crippen LogP contribution in [-0.2, 0) is 11.2 Å². The lowest BCUT2D eigenvalue weighted by Gasteiger charge is -2.22. The van der Waals surface area contributed by atoms with Crippen LogP contribution >= 0.6 is 0 Å². The first-order valence-electron chi connectivity index (χ1n) is 7.38. The third-order valence-electron chi connectivity index (χ3n) is 3.37. The summed E-state index contributed by atoms with van der Waals surface area (Å²) >= 11 is 0. The lowest BCUT2D eigenvalue weighted by atomic mass is 10.0. The number of carbonyl (C=O) groups is 1. The summed E-state index contributed by atoms with van der Waals surface area (Å²) in [5.41, 5.74) is 2.24. The van der Waals surface area contributed by atoms with E-state index in [2.05, 4.69) is 15.8 Å². The molecule has 1 amide bonds. The molecule has 6 nitrogen and oxygen atoms in total. The highest BCUT2D eigenvalue weighted by Crippen LogP contribution is 2.30. The van der Waals surface area contributed by atoms with Crippen molar-refractivity contribution in [1.82, 2.24) is 5.32 Å². The number of benzene rings is 1. The highest BCUT2D eigenvalue weighted by Gasteiger charge is 2.19. The molecule has 1 aromatic carbocycles. The summed E-state index contributed by atoms with van der Waals surface area (Å²) in [5.74, 6) is 0.742. The average molecular weight is 305 g/mol. The maximum atomic E-state index is 11.4. The molecule has 0 fully saturated rings. The van der Waals surface area contributed by atoms with Gasteiger partial charge < -0.3 is 20.6 Å². The SMILES string of the molecule is CC(C)(C)NCC(COc1cccc2c1CCC(=O)N2)=NO. The van der Waals surface area contributed by atoms with E-state index in [0.29, 0.717) is 25.1 Å². The van der Waals surface area contributed by atoms with E-state index < -0.39 is 0 Å². The normalized spacial score (nSPS) is 15.2. The summed E-state index contributed by atoms with van der Waals surface area (Å²) in [5, 5.41) is 18.5. The third-order valence-corrected chi connectivity index (χ3v) is 3.37. The Bertz CT molecular complexity index is 576. The second-order valence-corrected chi connectivity index (χ2v) is 6.39. The zero-order chi connectivity index (χ0) is 16.2. The standard InChI is InChI=1S/C16H23N3O3/c1-16(2,3)17-9-11(19-21)10-22-14-6-4-5-13-12(14)7-8-15(20)18-13/h4-6,17,21H,7-10H2,1-3H3,(H,18,20). The van der Waals surface area contributed by atoms with Gasteiger partial charge in [0.2, 0.25) is 5.91 Å². The summed E-state index contributed by atoms with van der Waals surface area (Å²) in [6, 6.07) is 5.56. The second kappa shape index (κ2) is 6.79. The van der Waals surface area contributed by atoms with Crippen molar-refractivity contribution in [1.29, 1.82) is 0 Å². The first-order valence-corrected chi connectivity index (χ1v) is 7.38. The van der Waals surface area contributed by atoms with E-state index in [9.17, 15) is 4.79 Å². The van der Waals surface area contributed by atoms with Crippen LogP contribution in [0.5, 0.6) is 5.75 Å². The van der Waals surface area contributed by atoms with Crippen molar-refractivity contribution in [2.45, 2.75) is 39.2 Å². The summed E-state index contributed by atoms with van der Waals surface area (Å²) in [6.07, 6.45) is 1.11. The highest BCUT2D eigenvalue weighted by molar-refractivity contribution is 5.94. The predicted octanol–water partition coefficient (Wildman–Crippen LogP) is 2.17. The zero-order valence-corrected chi connectivity index (χ0v) is 13.3. The van der Waals surface area contributed by atoms with Crippen LogP contribution in [0.25, 0.3) is 0 Å². The Labute approximate surface area is 130 Å². The molecule has 120 valence electrons. The first-order chi connectivity index (χ1) is 10.4. The number of oxime groups is 1. The Morgan fingerprint density at radius 2 is 2.18 bits per heavy atom. The summed E-state index contributed by atoms with van der Waals surface area (Å²) < 4.78 is 5.78. The molecule has 6 heteroatoms. The van der Waals surface area contributed by atoms with Gasteiger partial charge in [0.05, 0.1) is 0 Å². The minimum absolute atomic E-state index is 0.0247. The van der Waals surface area contributed by atoms with E-state index in [-0.39, 0.29) is 18.1 Å². The molecule has 22 heavy (non-hydrogen) atoms. The molecule has 3 N–H and O–H groups in total. The molecule has 0 aliphatic carbocycles. The van der Waals surface area contributed by atoms with Gasteiger partial charge in [0.25, 0.3) is 0 Å². The number of nitrogens with one attached hydrogen (secondary N) is 2. The van der Waals surface area contributed by atoms with Gasteiger partial charge in [-0.1, -0.05) is 11.2 Å². The fourth-order valence-corrected chi connectivity index (χ4v) is 2.17. The molecule has 0 bridgehead atoms. The first kappa shape index (κ1) is 16.3. The molecule has 0 saturated carbocycles. The number of hydrogen-bond donors (Lipinski definition) is 3. The second-order valence-electron chi connectivity index (χ2n) is 6.39. The predicted molar refractivity (Wildman–Crippen MR) is 85.9 cm³/mol. The third kappa shape index (κ3) is 4.46. The Morgan fingerprint density at radius 3 is 2.86 bits per heavy atom. The molecule has 0 unspecified atom stereocenters. The Hall–Kier alpha value is -2.08. The largest absolute Gasteiger partial charge is 0.487 e. The van der Waals surface area contributed by atoms with Crippen LogP contribution in [0.15, 0.2) is 23.4 Å². The number of rotatable bonds is 5. The number of fused-ring (bicyclic) bond motifs is 1. The minimum atomic E-state index is -0.0634. The van der Waals surface area contributed by atoms with Gasteiger partial charge >= 0.3 is 0 Å². The van der Waals surface area contributed by atoms with Crippen molar-refractivity contribution in [3.05, 3.63) is 23.8 Å². The van der Waals surface area contributed by atoms with Crippen LogP contribution in [0.2, 0.25) is 0 Å². The van der Waals surface area contributed by atoms with E-state index in [4.69, 9.17) is 9.94 Å². The maximum absolute atomic E-state index is 11.4. The average Bonchev–Trinajstić information content (AvgIpc) is 2.46. The van der Waals surface area contributed by atoms with E-state index >= 15 is 0 Å². The number of hydrogen-bond acceptors (Lipinski definition) is 5. The van der Waals surface area contributed by atoms with Gasteiger partial charge in [0.15, 0.2) is 0 Å². The Morgan fingerprint density at radius 1 is 1.41 bits per heavy atom. The lowest BCUT2D eigenvalue weighted by Crippen LogP contribution is -2.40. The van der Waals surface area contributed by atoms with Gasteiger partial charge in [-0.05, 0) is 39.3 Å². The van der Waals surface area contributed by atoms with E-state index in [0.717, 1.165) is 17.0 Å². The van der Waals surface area contributed by atoms with Gasteiger partial charge in [0.1, 0.15) is 18.1 Å². The number of ether oxygens (including phenoxy) is 1. The Kier molecular flexibility index (Phi) is 5.03. The molecule has 2 rings (SSSR count). The van der Waals surface area contributed by atoms with Crippen LogP contribution in [0.3, 0.4) is 0 Å². The van der Waals surface area contributed by atoms with Gasteiger partial charge in [-0.3, -0.25) is 4.79 Å². The van der Waals surface area contributed by atoms with Crippen LogP contribution < -0.4 is 15.4 Å². The van der Waals surface area contributed by atoms with Crippen molar-refractivity contribution in [2.24, 2.45) is 5.16 Å². The van der Waals surface area contributed by atoms with Gasteiger partial charge in [-0.2, -0.15) is 0 Å². The van der Waals surface area contributed by atoms with Crippen LogP contribution in [0.4, 0.5) is 5.69 Å². The van der Waals surface area contributed by atoms with E-state index in [1.165, 1.54) is 0 Å². The quantitative estimate of drug-likeness (QED) is 0.442. The van der Waals surface area contributed by atoms with Crippen LogP contribution in [-0.4, -0.2) is 35.5 Å². The number of anilines is 1. The van der Waals surface area contributed by atoms with Gasteiger partial charge in [-0.25, -0.2) is 0 Å². The van der Waals surface area contributed by atoms with Crippen LogP contribution in [0, 0.1) is 0 Å². The molecule has 1 heterocycles. The fourth-order valence-electron chi connectivity index (χ4n) is 2.17. The minimum Gasteiger partial charge on any atom is -0.487 e. The molecule has 0 saturated heterocycles. The maximum Gasteiger partial charge on any atom is 0.224 e. The molecule has 1 aromatic rings. The van der Waals surface area contributed by atoms with Crippen LogP contribution in [0.1, 0.15) is 32.8 Å². The highest BCUT2D eigenvalue weighted by atomic mass is 16.5. The molecule has 0 atom stereocenters. The lowest BCUT2D eigenvalue weighted by molar-refractivity contribution is -0.116. The summed E-state index contributed by atoms with van der Waals surface area (Å²) in [4.78, 5) is 11.4. The van der Waals surface area contributed by atoms with E-state index in [1.54, 1.807) is 0 Å². The molecule has 1 aliphatic heterocycles. The molecule has 0 radical (unpaired) electrons. The zero-order valence-electron chi connectivity index (χ0n) is 13.3. The number of carbonyl (C=O) groups excluding carboxylic acids is 1. The summed E-state index contributed by atoms with van der Waals surface area (Å²) in [7, 11) is 0. The molecule has 0 aromatic heterocycles.